The maximum atomic E-state index is 12.8. The van der Waals surface area contributed by atoms with Gasteiger partial charge in [-0.3, -0.25) is 4.79 Å². The fourth-order valence-corrected chi connectivity index (χ4v) is 2.96. The maximum Gasteiger partial charge on any atom is 0.259 e. The summed E-state index contributed by atoms with van der Waals surface area (Å²) in [6.07, 6.45) is 0. The van der Waals surface area contributed by atoms with Crippen molar-refractivity contribution in [3.8, 4) is 5.69 Å². The molecule has 3 rings (SSSR count). The van der Waals surface area contributed by atoms with E-state index >= 15 is 0 Å². The smallest absolute Gasteiger partial charge is 0.259 e. The fraction of sp³-hybridized carbons (Fsp3) is 0.238. The van der Waals surface area contributed by atoms with Gasteiger partial charge in [-0.15, -0.1) is 0 Å². The van der Waals surface area contributed by atoms with Gasteiger partial charge in [-0.25, -0.2) is 4.68 Å². The third-order valence-electron chi connectivity index (χ3n) is 4.33. The van der Waals surface area contributed by atoms with E-state index in [-0.39, 0.29) is 5.91 Å². The van der Waals surface area contributed by atoms with Crippen LogP contribution in [0.3, 0.4) is 0 Å². The number of aryl methyl sites for hydroxylation is 1. The molecular formula is C21H23N3O. The average molecular weight is 333 g/mol. The number of carbonyl (C=O) groups excluding carboxylic acids is 1. The zero-order valence-corrected chi connectivity index (χ0v) is 15.1. The van der Waals surface area contributed by atoms with Crippen molar-refractivity contribution in [2.75, 3.05) is 5.32 Å². The summed E-state index contributed by atoms with van der Waals surface area (Å²) in [5.74, 6) is 0.291. The van der Waals surface area contributed by atoms with Gasteiger partial charge in [0.15, 0.2) is 0 Å². The van der Waals surface area contributed by atoms with Crippen molar-refractivity contribution in [2.45, 2.75) is 33.6 Å². The molecule has 1 aromatic heterocycles. The Kier molecular flexibility index (Phi) is 4.70. The summed E-state index contributed by atoms with van der Waals surface area (Å²) in [6, 6.07) is 17.8. The van der Waals surface area contributed by atoms with Crippen molar-refractivity contribution in [1.29, 1.82) is 0 Å². The highest BCUT2D eigenvalue weighted by Crippen LogP contribution is 2.22. The second-order valence-electron chi connectivity index (χ2n) is 6.53. The number of nitrogens with zero attached hydrogens (tertiary/aromatic N) is 2. The Morgan fingerprint density at radius 1 is 1.04 bits per heavy atom. The van der Waals surface area contributed by atoms with E-state index in [1.54, 1.807) is 0 Å². The van der Waals surface area contributed by atoms with E-state index < -0.39 is 0 Å². The molecule has 0 aliphatic carbocycles. The molecule has 2 aromatic carbocycles. The van der Waals surface area contributed by atoms with Crippen LogP contribution >= 0.6 is 0 Å². The number of carbonyl (C=O) groups is 1. The van der Waals surface area contributed by atoms with Gasteiger partial charge >= 0.3 is 0 Å². The summed E-state index contributed by atoms with van der Waals surface area (Å²) in [5, 5.41) is 7.55. The summed E-state index contributed by atoms with van der Waals surface area (Å²) in [4.78, 5) is 12.8. The van der Waals surface area contributed by atoms with Gasteiger partial charge < -0.3 is 5.32 Å². The number of rotatable bonds is 4. The average Bonchev–Trinajstić information content (AvgIpc) is 2.90. The van der Waals surface area contributed by atoms with E-state index in [2.05, 4.69) is 30.3 Å². The molecule has 0 saturated carbocycles. The molecule has 0 bridgehead atoms. The molecule has 0 aliphatic heterocycles. The van der Waals surface area contributed by atoms with Crippen LogP contribution in [0.5, 0.6) is 0 Å². The molecule has 0 aliphatic rings. The number of benzene rings is 2. The molecule has 0 spiro atoms. The predicted octanol–water partition coefficient (Wildman–Crippen LogP) is 4.86. The van der Waals surface area contributed by atoms with Crippen LogP contribution in [0.1, 0.15) is 47.1 Å². The Balaban J connectivity index is 1.91. The lowest BCUT2D eigenvalue weighted by Gasteiger charge is -2.10. The quantitative estimate of drug-likeness (QED) is 0.741. The van der Waals surface area contributed by atoms with E-state index in [4.69, 9.17) is 0 Å². The summed E-state index contributed by atoms with van der Waals surface area (Å²) in [6.45, 7) is 8.07. The van der Waals surface area contributed by atoms with Gasteiger partial charge in [-0.05, 0) is 49.6 Å². The third kappa shape index (κ3) is 3.48. The number of aromatic nitrogens is 2. The molecule has 3 aromatic rings. The standard InChI is InChI=1S/C21H23N3O/c1-14(2)17-9-8-10-18(13-17)22-21(25)20-15(3)23-24(16(20)4)19-11-6-5-7-12-19/h5-14H,1-4H3,(H,22,25). The molecule has 0 saturated heterocycles. The molecule has 4 heteroatoms. The molecule has 0 radical (unpaired) electrons. The highest BCUT2D eigenvalue weighted by molar-refractivity contribution is 6.06. The Hall–Kier alpha value is -2.88. The second kappa shape index (κ2) is 6.93. The lowest BCUT2D eigenvalue weighted by Crippen LogP contribution is -2.14. The molecule has 1 heterocycles. The van der Waals surface area contributed by atoms with Gasteiger partial charge in [0, 0.05) is 5.69 Å². The van der Waals surface area contributed by atoms with Gasteiger partial charge in [0.05, 0.1) is 22.6 Å². The topological polar surface area (TPSA) is 46.9 Å². The zero-order valence-electron chi connectivity index (χ0n) is 15.1. The summed E-state index contributed by atoms with van der Waals surface area (Å²) in [5.41, 5.74) is 5.14. The van der Waals surface area contributed by atoms with E-state index in [0.717, 1.165) is 22.8 Å². The van der Waals surface area contributed by atoms with Crippen molar-refractivity contribution in [2.24, 2.45) is 0 Å². The third-order valence-corrected chi connectivity index (χ3v) is 4.33. The fourth-order valence-electron chi connectivity index (χ4n) is 2.96. The highest BCUT2D eigenvalue weighted by Gasteiger charge is 2.19. The van der Waals surface area contributed by atoms with Crippen molar-refractivity contribution in [3.05, 3.63) is 77.1 Å². The van der Waals surface area contributed by atoms with Crippen LogP contribution in [0.15, 0.2) is 54.6 Å². The summed E-state index contributed by atoms with van der Waals surface area (Å²) >= 11 is 0. The minimum Gasteiger partial charge on any atom is -0.322 e. The molecule has 0 fully saturated rings. The second-order valence-corrected chi connectivity index (χ2v) is 6.53. The SMILES string of the molecule is Cc1nn(-c2ccccc2)c(C)c1C(=O)Nc1cccc(C(C)C)c1. The number of amides is 1. The van der Waals surface area contributed by atoms with E-state index in [1.807, 2.05) is 67.1 Å². The lowest BCUT2D eigenvalue weighted by molar-refractivity contribution is 0.102. The van der Waals surface area contributed by atoms with E-state index in [9.17, 15) is 4.79 Å². The summed E-state index contributed by atoms with van der Waals surface area (Å²) in [7, 11) is 0. The lowest BCUT2D eigenvalue weighted by atomic mass is 10.0. The van der Waals surface area contributed by atoms with Crippen LogP contribution in [-0.2, 0) is 0 Å². The first kappa shape index (κ1) is 17.0. The van der Waals surface area contributed by atoms with Crippen LogP contribution in [0.4, 0.5) is 5.69 Å². The number of hydrogen-bond donors (Lipinski definition) is 1. The van der Waals surface area contributed by atoms with Gasteiger partial charge in [-0.2, -0.15) is 5.10 Å². The van der Waals surface area contributed by atoms with Crippen LogP contribution in [0, 0.1) is 13.8 Å². The highest BCUT2D eigenvalue weighted by atomic mass is 16.1. The predicted molar refractivity (Wildman–Crippen MR) is 102 cm³/mol. The molecule has 25 heavy (non-hydrogen) atoms. The number of anilines is 1. The monoisotopic (exact) mass is 333 g/mol. The first-order valence-electron chi connectivity index (χ1n) is 8.50. The van der Waals surface area contributed by atoms with Crippen molar-refractivity contribution in [3.63, 3.8) is 0 Å². The molecular weight excluding hydrogens is 310 g/mol. The van der Waals surface area contributed by atoms with E-state index in [0.29, 0.717) is 11.5 Å². The van der Waals surface area contributed by atoms with Crippen molar-refractivity contribution < 1.29 is 4.79 Å². The van der Waals surface area contributed by atoms with Crippen molar-refractivity contribution >= 4 is 11.6 Å². The Morgan fingerprint density at radius 3 is 2.44 bits per heavy atom. The molecule has 0 unspecified atom stereocenters. The van der Waals surface area contributed by atoms with Gasteiger partial charge in [0.2, 0.25) is 0 Å². The number of hydrogen-bond acceptors (Lipinski definition) is 2. The van der Waals surface area contributed by atoms with E-state index in [1.165, 1.54) is 5.56 Å². The van der Waals surface area contributed by atoms with Gasteiger partial charge in [-0.1, -0.05) is 44.2 Å². The molecule has 1 amide bonds. The van der Waals surface area contributed by atoms with Crippen molar-refractivity contribution in [1.82, 2.24) is 9.78 Å². The van der Waals surface area contributed by atoms with Crippen LogP contribution in [0.2, 0.25) is 0 Å². The number of para-hydroxylation sites is 1. The molecule has 128 valence electrons. The minimum atomic E-state index is -0.127. The molecule has 4 nitrogen and oxygen atoms in total. The molecule has 1 N–H and O–H groups in total. The largest absolute Gasteiger partial charge is 0.322 e. The minimum absolute atomic E-state index is 0.127. The van der Waals surface area contributed by atoms with Crippen LogP contribution in [-0.4, -0.2) is 15.7 Å². The normalized spacial score (nSPS) is 10.9. The Morgan fingerprint density at radius 2 is 1.76 bits per heavy atom. The zero-order chi connectivity index (χ0) is 18.0. The Bertz CT molecular complexity index is 895. The maximum absolute atomic E-state index is 12.8. The first-order valence-corrected chi connectivity index (χ1v) is 8.50. The van der Waals surface area contributed by atoms with Gasteiger partial charge in [0.25, 0.3) is 5.91 Å². The van der Waals surface area contributed by atoms with Crippen LogP contribution in [0.25, 0.3) is 5.69 Å². The summed E-state index contributed by atoms with van der Waals surface area (Å²) < 4.78 is 1.81. The van der Waals surface area contributed by atoms with Crippen LogP contribution < -0.4 is 5.32 Å². The Labute approximate surface area is 148 Å². The van der Waals surface area contributed by atoms with Gasteiger partial charge in [0.1, 0.15) is 0 Å². The number of nitrogens with one attached hydrogen (secondary N) is 1. The molecule has 0 atom stereocenters. The first-order chi connectivity index (χ1) is 12.0.